The summed E-state index contributed by atoms with van der Waals surface area (Å²) < 4.78 is 5.08. The van der Waals surface area contributed by atoms with Crippen LogP contribution in [-0.2, 0) is 17.6 Å². The van der Waals surface area contributed by atoms with Crippen molar-refractivity contribution in [2.75, 3.05) is 13.7 Å². The molecule has 3 nitrogen and oxygen atoms in total. The summed E-state index contributed by atoms with van der Waals surface area (Å²) in [5.74, 6) is -0.168. The minimum absolute atomic E-state index is 0.168. The van der Waals surface area contributed by atoms with E-state index in [0.29, 0.717) is 6.61 Å². The van der Waals surface area contributed by atoms with Crippen LogP contribution in [0.15, 0.2) is 5.38 Å². The van der Waals surface area contributed by atoms with Gasteiger partial charge in [-0.15, -0.1) is 11.3 Å². The van der Waals surface area contributed by atoms with E-state index in [9.17, 15) is 4.79 Å². The predicted octanol–water partition coefficient (Wildman–Crippen LogP) is 2.39. The molecule has 1 atom stereocenters. The average Bonchev–Trinajstić information content (AvgIpc) is 2.72. The molecule has 17 heavy (non-hydrogen) atoms. The minimum atomic E-state index is -0.168. The van der Waals surface area contributed by atoms with E-state index in [1.54, 1.807) is 11.3 Å². The molecule has 1 N–H and O–H groups in total. The Hall–Kier alpha value is -0.870. The number of ether oxygens (including phenoxy) is 1. The highest BCUT2D eigenvalue weighted by Crippen LogP contribution is 2.35. The number of hydrogen-bond acceptors (Lipinski definition) is 4. The summed E-state index contributed by atoms with van der Waals surface area (Å²) in [4.78, 5) is 13.1. The summed E-state index contributed by atoms with van der Waals surface area (Å²) in [6.07, 6.45) is 3.03. The zero-order chi connectivity index (χ0) is 12.5. The molecule has 0 bridgehead atoms. The Bertz CT molecular complexity index is 427. The van der Waals surface area contributed by atoms with Crippen molar-refractivity contribution in [2.24, 2.45) is 0 Å². The molecule has 1 aromatic rings. The van der Waals surface area contributed by atoms with Gasteiger partial charge in [0.05, 0.1) is 12.2 Å². The Balaban J connectivity index is 2.24. The van der Waals surface area contributed by atoms with Crippen LogP contribution >= 0.6 is 11.3 Å². The fraction of sp³-hybridized carbons (Fsp3) is 0.615. The molecule has 4 heteroatoms. The third kappa shape index (κ3) is 2.38. The summed E-state index contributed by atoms with van der Waals surface area (Å²) in [5, 5.41) is 5.32. The van der Waals surface area contributed by atoms with Crippen LogP contribution in [0.2, 0.25) is 0 Å². The van der Waals surface area contributed by atoms with Gasteiger partial charge in [0.2, 0.25) is 0 Å². The second kappa shape index (κ2) is 4.78. The lowest BCUT2D eigenvalue weighted by Crippen LogP contribution is -2.44. The highest BCUT2D eigenvalue weighted by molar-refractivity contribution is 7.10. The maximum atomic E-state index is 11.8. The van der Waals surface area contributed by atoms with Crippen molar-refractivity contribution in [1.82, 2.24) is 5.32 Å². The van der Waals surface area contributed by atoms with E-state index in [1.165, 1.54) is 10.4 Å². The molecule has 0 aliphatic heterocycles. The van der Waals surface area contributed by atoms with E-state index in [-0.39, 0.29) is 11.5 Å². The fourth-order valence-electron chi connectivity index (χ4n) is 2.28. The predicted molar refractivity (Wildman–Crippen MR) is 69.8 cm³/mol. The van der Waals surface area contributed by atoms with Gasteiger partial charge in [0.1, 0.15) is 0 Å². The summed E-state index contributed by atoms with van der Waals surface area (Å²) in [5.41, 5.74) is 2.16. The topological polar surface area (TPSA) is 38.3 Å². The van der Waals surface area contributed by atoms with Crippen molar-refractivity contribution < 1.29 is 9.53 Å². The van der Waals surface area contributed by atoms with Gasteiger partial charge in [-0.05, 0) is 45.7 Å². The molecule has 1 aliphatic rings. The van der Waals surface area contributed by atoms with Crippen LogP contribution in [0, 0.1) is 0 Å². The minimum Gasteiger partial charge on any atom is -0.462 e. The lowest BCUT2D eigenvalue weighted by atomic mass is 9.82. The van der Waals surface area contributed by atoms with Gasteiger partial charge < -0.3 is 10.1 Å². The number of thiophene rings is 1. The van der Waals surface area contributed by atoms with Gasteiger partial charge in [-0.25, -0.2) is 4.79 Å². The van der Waals surface area contributed by atoms with Gasteiger partial charge in [-0.1, -0.05) is 0 Å². The lowest BCUT2D eigenvalue weighted by Gasteiger charge is -2.33. The number of carbonyl (C=O) groups is 1. The quantitative estimate of drug-likeness (QED) is 0.841. The number of rotatable bonds is 3. The van der Waals surface area contributed by atoms with Crippen LogP contribution in [0.3, 0.4) is 0 Å². The summed E-state index contributed by atoms with van der Waals surface area (Å²) >= 11 is 1.68. The maximum absolute atomic E-state index is 11.8. The second-order valence-electron chi connectivity index (χ2n) is 4.76. The van der Waals surface area contributed by atoms with E-state index >= 15 is 0 Å². The van der Waals surface area contributed by atoms with Crippen molar-refractivity contribution >= 4 is 17.3 Å². The highest BCUT2D eigenvalue weighted by atomic mass is 32.1. The molecule has 1 aromatic heterocycles. The highest BCUT2D eigenvalue weighted by Gasteiger charge is 2.32. The first-order chi connectivity index (χ1) is 8.09. The number of hydrogen-bond donors (Lipinski definition) is 1. The van der Waals surface area contributed by atoms with Crippen molar-refractivity contribution in [3.63, 3.8) is 0 Å². The van der Waals surface area contributed by atoms with Crippen molar-refractivity contribution in [3.8, 4) is 0 Å². The molecule has 0 aromatic carbocycles. The van der Waals surface area contributed by atoms with E-state index in [1.807, 2.05) is 19.4 Å². The number of likely N-dealkylation sites (N-methyl/N-ethyl adjacent to an activating group) is 1. The molecule has 0 fully saturated rings. The van der Waals surface area contributed by atoms with Gasteiger partial charge in [0.15, 0.2) is 0 Å². The zero-order valence-electron chi connectivity index (χ0n) is 10.6. The Kier molecular flexibility index (Phi) is 3.54. The number of fused-ring (bicyclic) bond motifs is 1. The van der Waals surface area contributed by atoms with Crippen LogP contribution in [0.25, 0.3) is 0 Å². The van der Waals surface area contributed by atoms with Gasteiger partial charge in [-0.2, -0.15) is 0 Å². The van der Waals surface area contributed by atoms with Crippen LogP contribution in [0.1, 0.15) is 41.1 Å². The summed E-state index contributed by atoms with van der Waals surface area (Å²) in [6, 6.07) is 0. The third-order valence-corrected chi connectivity index (χ3v) is 4.59. The van der Waals surface area contributed by atoms with Gasteiger partial charge >= 0.3 is 5.97 Å². The fourth-order valence-corrected chi connectivity index (χ4v) is 3.54. The van der Waals surface area contributed by atoms with E-state index < -0.39 is 0 Å². The van der Waals surface area contributed by atoms with Crippen LogP contribution in [0.4, 0.5) is 0 Å². The Labute approximate surface area is 106 Å². The first-order valence-corrected chi connectivity index (χ1v) is 6.93. The molecule has 0 saturated heterocycles. The number of carbonyl (C=O) groups excluding carboxylic acids is 1. The summed E-state index contributed by atoms with van der Waals surface area (Å²) in [7, 11) is 2.00. The first-order valence-electron chi connectivity index (χ1n) is 6.05. The van der Waals surface area contributed by atoms with Crippen molar-refractivity contribution in [2.45, 2.75) is 38.6 Å². The molecule has 1 aliphatic carbocycles. The van der Waals surface area contributed by atoms with Crippen LogP contribution in [0.5, 0.6) is 0 Å². The standard InChI is InChI=1S/C13H19NO2S/c1-4-16-12(15)10-8-17-11-7-13(2,14-3)6-5-9(10)11/h8,14H,4-7H2,1-3H3. The molecular formula is C13H19NO2S. The molecule has 1 unspecified atom stereocenters. The Morgan fingerprint density at radius 2 is 2.41 bits per heavy atom. The molecule has 0 spiro atoms. The lowest BCUT2D eigenvalue weighted by molar-refractivity contribution is 0.0525. The van der Waals surface area contributed by atoms with Crippen molar-refractivity contribution in [1.29, 1.82) is 0 Å². The molecular weight excluding hydrogens is 234 g/mol. The van der Waals surface area contributed by atoms with Gasteiger partial charge in [-0.3, -0.25) is 0 Å². The zero-order valence-corrected chi connectivity index (χ0v) is 11.4. The van der Waals surface area contributed by atoms with Crippen molar-refractivity contribution in [3.05, 3.63) is 21.4 Å². The van der Waals surface area contributed by atoms with Crippen LogP contribution < -0.4 is 5.32 Å². The first kappa shape index (κ1) is 12.6. The smallest absolute Gasteiger partial charge is 0.339 e. The molecule has 0 saturated carbocycles. The van der Waals surface area contributed by atoms with E-state index in [4.69, 9.17) is 4.74 Å². The molecule has 0 amide bonds. The van der Waals surface area contributed by atoms with Crippen LogP contribution in [-0.4, -0.2) is 25.2 Å². The molecule has 1 heterocycles. The van der Waals surface area contributed by atoms with Gasteiger partial charge in [0.25, 0.3) is 0 Å². The third-order valence-electron chi connectivity index (χ3n) is 3.56. The SMILES string of the molecule is CCOC(=O)c1csc2c1CCC(C)(NC)C2. The Morgan fingerprint density at radius 3 is 3.06 bits per heavy atom. The van der Waals surface area contributed by atoms with Gasteiger partial charge in [0, 0.05) is 15.8 Å². The van der Waals surface area contributed by atoms with E-state index in [0.717, 1.165) is 24.8 Å². The monoisotopic (exact) mass is 253 g/mol. The number of esters is 1. The summed E-state index contributed by atoms with van der Waals surface area (Å²) in [6.45, 7) is 4.52. The molecule has 94 valence electrons. The number of nitrogens with one attached hydrogen (secondary N) is 1. The largest absolute Gasteiger partial charge is 0.462 e. The Morgan fingerprint density at radius 1 is 1.65 bits per heavy atom. The normalized spacial score (nSPS) is 23.2. The molecule has 0 radical (unpaired) electrons. The molecule has 2 rings (SSSR count). The average molecular weight is 253 g/mol. The van der Waals surface area contributed by atoms with E-state index in [2.05, 4.69) is 12.2 Å². The second-order valence-corrected chi connectivity index (χ2v) is 5.72. The maximum Gasteiger partial charge on any atom is 0.339 e.